The molecule has 0 aromatic heterocycles. The van der Waals surface area contributed by atoms with Gasteiger partial charge in [-0.15, -0.1) is 0 Å². The van der Waals surface area contributed by atoms with Crippen LogP contribution in [0.25, 0.3) is 0 Å². The van der Waals surface area contributed by atoms with Crippen LogP contribution in [0.15, 0.2) is 23.1 Å². The first-order valence-corrected chi connectivity index (χ1v) is 10.4. The third-order valence-corrected chi connectivity index (χ3v) is 5.94. The van der Waals surface area contributed by atoms with E-state index in [1.807, 2.05) is 0 Å². The maximum Gasteiger partial charge on any atom is 0.270 e. The molecule has 2 rings (SSSR count). The van der Waals surface area contributed by atoms with Gasteiger partial charge in [0.05, 0.1) is 15.5 Å². The summed E-state index contributed by atoms with van der Waals surface area (Å²) in [6.45, 7) is 9.10. The van der Waals surface area contributed by atoms with Crippen molar-refractivity contribution in [2.24, 2.45) is 5.92 Å². The van der Waals surface area contributed by atoms with Crippen molar-refractivity contribution in [3.63, 3.8) is 0 Å². The zero-order chi connectivity index (χ0) is 18.8. The van der Waals surface area contributed by atoms with Gasteiger partial charge in [-0.3, -0.25) is 15.0 Å². The number of hydrogen-bond acceptors (Lipinski definition) is 6. The van der Waals surface area contributed by atoms with E-state index in [-0.39, 0.29) is 16.1 Å². The highest BCUT2D eigenvalue weighted by molar-refractivity contribution is 7.90. The van der Waals surface area contributed by atoms with E-state index in [1.54, 1.807) is 0 Å². The number of nitrogens with one attached hydrogen (secondary N) is 1. The van der Waals surface area contributed by atoms with Crippen LogP contribution in [-0.2, 0) is 9.84 Å². The third kappa shape index (κ3) is 4.92. The molecule has 0 amide bonds. The fourth-order valence-electron chi connectivity index (χ4n) is 3.24. The van der Waals surface area contributed by atoms with Crippen molar-refractivity contribution in [3.05, 3.63) is 28.3 Å². The van der Waals surface area contributed by atoms with Crippen molar-refractivity contribution >= 4 is 21.2 Å². The number of benzene rings is 1. The van der Waals surface area contributed by atoms with E-state index in [0.717, 1.165) is 31.8 Å². The summed E-state index contributed by atoms with van der Waals surface area (Å²) in [7, 11) is -3.57. The predicted octanol–water partition coefficient (Wildman–Crippen LogP) is 2.92. The number of hydrogen-bond donors (Lipinski definition) is 1. The molecule has 1 aromatic rings. The minimum absolute atomic E-state index is 0.0375. The number of likely N-dealkylation sites (tertiary alicyclic amines) is 1. The number of rotatable bonds is 6. The zero-order valence-corrected chi connectivity index (χ0v) is 16.1. The Labute approximate surface area is 149 Å². The molecule has 0 radical (unpaired) electrons. The van der Waals surface area contributed by atoms with Gasteiger partial charge in [0.15, 0.2) is 9.84 Å². The van der Waals surface area contributed by atoms with Crippen molar-refractivity contribution in [1.82, 2.24) is 4.90 Å². The Hall–Kier alpha value is -1.67. The average Bonchev–Trinajstić information content (AvgIpc) is 2.52. The van der Waals surface area contributed by atoms with E-state index in [2.05, 4.69) is 31.0 Å². The van der Waals surface area contributed by atoms with Crippen LogP contribution in [0, 0.1) is 16.0 Å². The molecular formula is C17H27N3O4S. The van der Waals surface area contributed by atoms with Crippen molar-refractivity contribution in [2.75, 3.05) is 31.2 Å². The first-order valence-electron chi connectivity index (χ1n) is 8.48. The number of anilines is 1. The maximum absolute atomic E-state index is 12.0. The fourth-order valence-corrected chi connectivity index (χ4v) is 4.11. The van der Waals surface area contributed by atoms with E-state index in [1.165, 1.54) is 18.6 Å². The molecule has 1 heterocycles. The first-order chi connectivity index (χ1) is 11.5. The molecule has 7 nitrogen and oxygen atoms in total. The molecule has 1 fully saturated rings. The summed E-state index contributed by atoms with van der Waals surface area (Å²) in [5, 5.41) is 14.1. The molecule has 1 unspecified atom stereocenters. The molecule has 25 heavy (non-hydrogen) atoms. The van der Waals surface area contributed by atoms with E-state index in [4.69, 9.17) is 0 Å². The van der Waals surface area contributed by atoms with Crippen molar-refractivity contribution in [3.8, 4) is 0 Å². The molecule has 8 heteroatoms. The molecule has 1 N–H and O–H groups in total. The highest BCUT2D eigenvalue weighted by atomic mass is 32.2. The van der Waals surface area contributed by atoms with Crippen LogP contribution in [0.1, 0.15) is 33.6 Å². The van der Waals surface area contributed by atoms with Gasteiger partial charge in [0.2, 0.25) is 0 Å². The number of nitro benzene ring substituents is 1. The molecule has 1 saturated heterocycles. The lowest BCUT2D eigenvalue weighted by Crippen LogP contribution is -2.52. The molecule has 1 atom stereocenters. The van der Waals surface area contributed by atoms with E-state index in [0.29, 0.717) is 18.2 Å². The fraction of sp³-hybridized carbons (Fsp3) is 0.647. The summed E-state index contributed by atoms with van der Waals surface area (Å²) in [6, 6.07) is 3.92. The number of nitro groups is 1. The Morgan fingerprint density at radius 2 is 2.08 bits per heavy atom. The third-order valence-electron chi connectivity index (χ3n) is 4.80. The van der Waals surface area contributed by atoms with Gasteiger partial charge in [0, 0.05) is 37.0 Å². The molecule has 1 aliphatic heterocycles. The maximum atomic E-state index is 12.0. The van der Waals surface area contributed by atoms with Crippen LogP contribution in [0.5, 0.6) is 0 Å². The van der Waals surface area contributed by atoms with Gasteiger partial charge in [-0.05, 0) is 45.2 Å². The summed E-state index contributed by atoms with van der Waals surface area (Å²) < 4.78 is 24.0. The molecule has 0 bridgehead atoms. The van der Waals surface area contributed by atoms with Crippen LogP contribution in [0.4, 0.5) is 11.4 Å². The van der Waals surface area contributed by atoms with Gasteiger partial charge in [-0.2, -0.15) is 0 Å². The van der Waals surface area contributed by atoms with Crippen molar-refractivity contribution in [2.45, 2.75) is 44.0 Å². The summed E-state index contributed by atoms with van der Waals surface area (Å²) in [5.41, 5.74) is 0.0342. The van der Waals surface area contributed by atoms with E-state index >= 15 is 0 Å². The molecular weight excluding hydrogens is 342 g/mol. The highest BCUT2D eigenvalue weighted by Crippen LogP contribution is 2.28. The SMILES string of the molecule is CC1CCCN(C(C)(C)CNc2ccc([N+](=O)[O-])cc2S(C)(=O)=O)C1. The average molecular weight is 369 g/mol. The minimum Gasteiger partial charge on any atom is -0.382 e. The second-order valence-electron chi connectivity index (χ2n) is 7.57. The van der Waals surface area contributed by atoms with Gasteiger partial charge >= 0.3 is 0 Å². The van der Waals surface area contributed by atoms with Crippen LogP contribution in [0.2, 0.25) is 0 Å². The summed E-state index contributed by atoms with van der Waals surface area (Å²) in [4.78, 5) is 12.7. The Morgan fingerprint density at radius 3 is 2.64 bits per heavy atom. The van der Waals surface area contributed by atoms with Crippen LogP contribution in [0.3, 0.4) is 0 Å². The normalized spacial score (nSPS) is 19.6. The molecule has 0 saturated carbocycles. The summed E-state index contributed by atoms with van der Waals surface area (Å²) in [5.74, 6) is 0.652. The predicted molar refractivity (Wildman–Crippen MR) is 98.7 cm³/mol. The van der Waals surface area contributed by atoms with Crippen LogP contribution >= 0.6 is 0 Å². The first kappa shape index (κ1) is 19.7. The Balaban J connectivity index is 2.20. The number of piperidine rings is 1. The molecule has 140 valence electrons. The molecule has 0 spiro atoms. The van der Waals surface area contributed by atoms with Crippen LogP contribution < -0.4 is 5.32 Å². The lowest BCUT2D eigenvalue weighted by Gasteiger charge is -2.43. The summed E-state index contributed by atoms with van der Waals surface area (Å²) in [6.07, 6.45) is 3.46. The van der Waals surface area contributed by atoms with E-state index in [9.17, 15) is 18.5 Å². The van der Waals surface area contributed by atoms with Gasteiger partial charge < -0.3 is 5.32 Å². The second kappa shape index (κ2) is 7.29. The number of non-ortho nitro benzene ring substituents is 1. The highest BCUT2D eigenvalue weighted by Gasteiger charge is 2.30. The largest absolute Gasteiger partial charge is 0.382 e. The zero-order valence-electron chi connectivity index (χ0n) is 15.3. The Morgan fingerprint density at radius 1 is 1.40 bits per heavy atom. The second-order valence-corrected chi connectivity index (χ2v) is 9.55. The van der Waals surface area contributed by atoms with Gasteiger partial charge in [0.1, 0.15) is 0 Å². The van der Waals surface area contributed by atoms with Gasteiger partial charge in [-0.25, -0.2) is 8.42 Å². The lowest BCUT2D eigenvalue weighted by atomic mass is 9.93. The summed E-state index contributed by atoms with van der Waals surface area (Å²) >= 11 is 0. The van der Waals surface area contributed by atoms with Crippen molar-refractivity contribution < 1.29 is 13.3 Å². The standard InChI is InChI=1S/C17H27N3O4S/c1-13-6-5-9-19(11-13)17(2,3)12-18-15-8-7-14(20(21)22)10-16(15)25(4,23)24/h7-8,10,13,18H,5-6,9,11-12H2,1-4H3. The molecule has 0 aliphatic carbocycles. The molecule has 1 aliphatic rings. The Kier molecular flexibility index (Phi) is 5.73. The lowest BCUT2D eigenvalue weighted by molar-refractivity contribution is -0.385. The number of nitrogens with zero attached hydrogens (tertiary/aromatic N) is 2. The van der Waals surface area contributed by atoms with E-state index < -0.39 is 14.8 Å². The van der Waals surface area contributed by atoms with Crippen LogP contribution in [-0.4, -0.2) is 49.7 Å². The number of sulfone groups is 1. The smallest absolute Gasteiger partial charge is 0.270 e. The molecule has 1 aromatic carbocycles. The van der Waals surface area contributed by atoms with Gasteiger partial charge in [-0.1, -0.05) is 6.92 Å². The van der Waals surface area contributed by atoms with Gasteiger partial charge in [0.25, 0.3) is 5.69 Å². The Bertz CT molecular complexity index is 746. The quantitative estimate of drug-likeness (QED) is 0.612. The minimum atomic E-state index is -3.57. The topological polar surface area (TPSA) is 92.5 Å². The monoisotopic (exact) mass is 369 g/mol. The van der Waals surface area contributed by atoms with Crippen molar-refractivity contribution in [1.29, 1.82) is 0 Å².